The summed E-state index contributed by atoms with van der Waals surface area (Å²) in [6, 6.07) is 1.51. The molecule has 1 aliphatic carbocycles. The van der Waals surface area contributed by atoms with Gasteiger partial charge in [-0.05, 0) is 32.6 Å². The van der Waals surface area contributed by atoms with Crippen LogP contribution in [0.4, 0.5) is 0 Å². The molecule has 3 atom stereocenters. The molecule has 3 rings (SSSR count). The minimum absolute atomic E-state index is 0.419. The van der Waals surface area contributed by atoms with Gasteiger partial charge in [0.05, 0.1) is 18.8 Å². The number of ether oxygens (including phenoxy) is 1. The maximum absolute atomic E-state index is 5.62. The Bertz CT molecular complexity index is 316. The van der Waals surface area contributed by atoms with Gasteiger partial charge in [-0.25, -0.2) is 0 Å². The highest BCUT2D eigenvalue weighted by molar-refractivity contribution is 6.11. The molecule has 2 aliphatic heterocycles. The smallest absolute Gasteiger partial charge is 0.105 e. The summed E-state index contributed by atoms with van der Waals surface area (Å²) < 4.78 is 5.62. The maximum Gasteiger partial charge on any atom is 0.105 e. The molecule has 0 bridgehead atoms. The van der Waals surface area contributed by atoms with Crippen LogP contribution in [0, 0.1) is 5.92 Å². The second-order valence-electron chi connectivity index (χ2n) is 7.73. The van der Waals surface area contributed by atoms with Crippen LogP contribution < -0.4 is 0 Å². The number of rotatable bonds is 1. The monoisotopic (exact) mass is 263 g/mol. The summed E-state index contributed by atoms with van der Waals surface area (Å²) in [4.78, 5) is 2.86. The molecule has 3 aliphatic rings. The van der Waals surface area contributed by atoms with E-state index in [0.717, 1.165) is 31.0 Å². The van der Waals surface area contributed by atoms with Crippen molar-refractivity contribution in [2.45, 2.75) is 82.2 Å². The van der Waals surface area contributed by atoms with Crippen molar-refractivity contribution in [1.29, 1.82) is 0 Å². The number of fused-ring (bicyclic) bond motifs is 1. The van der Waals surface area contributed by atoms with Crippen molar-refractivity contribution < 1.29 is 4.74 Å². The Labute approximate surface area is 119 Å². The molecule has 0 radical (unpaired) electrons. The van der Waals surface area contributed by atoms with E-state index >= 15 is 0 Å². The van der Waals surface area contributed by atoms with Gasteiger partial charge in [0, 0.05) is 12.1 Å². The van der Waals surface area contributed by atoms with Crippen LogP contribution in [-0.4, -0.2) is 43.6 Å². The van der Waals surface area contributed by atoms with Crippen LogP contribution in [0.5, 0.6) is 0 Å². The molecule has 0 aromatic carbocycles. The second kappa shape index (κ2) is 5.40. The van der Waals surface area contributed by atoms with Crippen molar-refractivity contribution in [3.8, 4) is 0 Å². The molecular weight excluding hydrogens is 233 g/mol. The molecule has 2 saturated heterocycles. The SMILES string of the molecule is BC1CCCCCC2C(C1)CC1(COC1)N2C(C)C. The summed E-state index contributed by atoms with van der Waals surface area (Å²) in [5.74, 6) is 1.86. The van der Waals surface area contributed by atoms with Crippen LogP contribution in [-0.2, 0) is 4.74 Å². The summed E-state index contributed by atoms with van der Waals surface area (Å²) in [7, 11) is 2.48. The average molecular weight is 263 g/mol. The van der Waals surface area contributed by atoms with Crippen molar-refractivity contribution in [1.82, 2.24) is 4.90 Å². The van der Waals surface area contributed by atoms with E-state index in [2.05, 4.69) is 26.6 Å². The van der Waals surface area contributed by atoms with Crippen LogP contribution in [0.2, 0.25) is 5.82 Å². The number of likely N-dealkylation sites (tertiary alicyclic amines) is 1. The molecule has 0 N–H and O–H groups in total. The van der Waals surface area contributed by atoms with Crippen LogP contribution in [0.25, 0.3) is 0 Å². The highest BCUT2D eigenvalue weighted by atomic mass is 16.5. The van der Waals surface area contributed by atoms with Gasteiger partial charge in [0.2, 0.25) is 0 Å². The van der Waals surface area contributed by atoms with Gasteiger partial charge in [-0.3, -0.25) is 4.90 Å². The van der Waals surface area contributed by atoms with Crippen molar-refractivity contribution in [3.63, 3.8) is 0 Å². The zero-order chi connectivity index (χ0) is 13.5. The van der Waals surface area contributed by atoms with Crippen LogP contribution in [0.1, 0.15) is 58.8 Å². The Kier molecular flexibility index (Phi) is 3.97. The van der Waals surface area contributed by atoms with E-state index < -0.39 is 0 Å². The topological polar surface area (TPSA) is 12.5 Å². The normalized spacial score (nSPS) is 39.4. The molecule has 0 aromatic heterocycles. The van der Waals surface area contributed by atoms with Crippen LogP contribution in [0.15, 0.2) is 0 Å². The molecule has 3 heteroatoms. The Morgan fingerprint density at radius 2 is 1.89 bits per heavy atom. The van der Waals surface area contributed by atoms with Gasteiger partial charge >= 0.3 is 0 Å². The fourth-order valence-electron chi connectivity index (χ4n) is 5.12. The van der Waals surface area contributed by atoms with E-state index in [-0.39, 0.29) is 0 Å². The highest BCUT2D eigenvalue weighted by Gasteiger charge is 2.56. The lowest BCUT2D eigenvalue weighted by Crippen LogP contribution is -2.62. The third kappa shape index (κ3) is 2.49. The molecule has 0 aromatic rings. The van der Waals surface area contributed by atoms with E-state index in [1.54, 1.807) is 0 Å². The van der Waals surface area contributed by atoms with Crippen LogP contribution >= 0.6 is 0 Å². The Morgan fingerprint density at radius 3 is 2.53 bits per heavy atom. The third-order valence-corrected chi connectivity index (χ3v) is 5.79. The molecule has 19 heavy (non-hydrogen) atoms. The minimum atomic E-state index is 0.419. The fraction of sp³-hybridized carbons (Fsp3) is 1.00. The summed E-state index contributed by atoms with van der Waals surface area (Å²) >= 11 is 0. The lowest BCUT2D eigenvalue weighted by atomic mass is 9.74. The van der Waals surface area contributed by atoms with Gasteiger partial charge in [-0.1, -0.05) is 37.9 Å². The first-order valence-electron chi connectivity index (χ1n) is 8.48. The van der Waals surface area contributed by atoms with Gasteiger partial charge in [0.1, 0.15) is 7.85 Å². The van der Waals surface area contributed by atoms with E-state index in [0.29, 0.717) is 11.6 Å². The van der Waals surface area contributed by atoms with Gasteiger partial charge in [-0.15, -0.1) is 0 Å². The quantitative estimate of drug-likeness (QED) is 0.674. The number of hydrogen-bond donors (Lipinski definition) is 0. The summed E-state index contributed by atoms with van der Waals surface area (Å²) in [5.41, 5.74) is 0.419. The zero-order valence-corrected chi connectivity index (χ0v) is 13.0. The average Bonchev–Trinajstić information content (AvgIpc) is 2.65. The first-order chi connectivity index (χ1) is 9.12. The minimum Gasteiger partial charge on any atom is -0.377 e. The Morgan fingerprint density at radius 1 is 1.16 bits per heavy atom. The molecule has 108 valence electrons. The molecule has 1 spiro atoms. The van der Waals surface area contributed by atoms with Gasteiger partial charge in [0.15, 0.2) is 0 Å². The predicted octanol–water partition coefficient (Wildman–Crippen LogP) is 2.63. The van der Waals surface area contributed by atoms with Gasteiger partial charge in [-0.2, -0.15) is 0 Å². The highest BCUT2D eigenvalue weighted by Crippen LogP contribution is 2.48. The van der Waals surface area contributed by atoms with E-state index in [9.17, 15) is 0 Å². The molecular formula is C16H30BNO. The predicted molar refractivity (Wildman–Crippen MR) is 82.4 cm³/mol. The Hall–Kier alpha value is -0.0151. The molecule has 3 fully saturated rings. The number of hydrogen-bond acceptors (Lipinski definition) is 2. The zero-order valence-electron chi connectivity index (χ0n) is 13.0. The third-order valence-electron chi connectivity index (χ3n) is 5.79. The summed E-state index contributed by atoms with van der Waals surface area (Å²) in [5, 5.41) is 0. The number of nitrogens with zero attached hydrogens (tertiary/aromatic N) is 1. The van der Waals surface area contributed by atoms with Crippen LogP contribution in [0.3, 0.4) is 0 Å². The van der Waals surface area contributed by atoms with Crippen molar-refractivity contribution in [3.05, 3.63) is 0 Å². The van der Waals surface area contributed by atoms with E-state index in [1.165, 1.54) is 44.9 Å². The summed E-state index contributed by atoms with van der Waals surface area (Å²) in [6.45, 7) is 6.76. The molecule has 2 heterocycles. The molecule has 0 amide bonds. The van der Waals surface area contributed by atoms with Crippen molar-refractivity contribution in [2.24, 2.45) is 5.92 Å². The largest absolute Gasteiger partial charge is 0.377 e. The summed E-state index contributed by atoms with van der Waals surface area (Å²) in [6.07, 6.45) is 10.1. The molecule has 2 nitrogen and oxygen atoms in total. The lowest BCUT2D eigenvalue weighted by Gasteiger charge is -2.49. The van der Waals surface area contributed by atoms with Gasteiger partial charge < -0.3 is 4.74 Å². The Balaban J connectivity index is 1.81. The van der Waals surface area contributed by atoms with E-state index in [4.69, 9.17) is 4.74 Å². The van der Waals surface area contributed by atoms with Crippen molar-refractivity contribution >= 4 is 7.85 Å². The first-order valence-corrected chi connectivity index (χ1v) is 8.48. The molecule has 3 unspecified atom stereocenters. The standard InChI is InChI=1S/C16H30BNO/c1-12(2)18-15-7-5-3-4-6-14(17)8-13(15)9-16(18)10-19-11-16/h12-15H,3-11,17H2,1-2H3. The van der Waals surface area contributed by atoms with Gasteiger partial charge in [0.25, 0.3) is 0 Å². The molecule has 1 saturated carbocycles. The second-order valence-corrected chi connectivity index (χ2v) is 7.73. The fourth-order valence-corrected chi connectivity index (χ4v) is 5.12. The lowest BCUT2D eigenvalue weighted by molar-refractivity contribution is -0.141. The maximum atomic E-state index is 5.62. The van der Waals surface area contributed by atoms with Crippen molar-refractivity contribution in [2.75, 3.05) is 13.2 Å². The first kappa shape index (κ1) is 13.9. The van der Waals surface area contributed by atoms with E-state index in [1.807, 2.05) is 0 Å².